The molecule has 0 bridgehead atoms. The van der Waals surface area contributed by atoms with E-state index < -0.39 is 5.97 Å². The molecular weight excluding hydrogens is 140 g/mol. The first-order valence-electron chi connectivity index (χ1n) is 3.09. The Morgan fingerprint density at radius 3 is 1.91 bits per heavy atom. The number of hydrogen-bond acceptors (Lipinski definition) is 1. The van der Waals surface area contributed by atoms with Gasteiger partial charge in [0.2, 0.25) is 0 Å². The molecule has 2 nitrogen and oxygen atoms in total. The van der Waals surface area contributed by atoms with E-state index in [2.05, 4.69) is 13.2 Å². The van der Waals surface area contributed by atoms with E-state index in [9.17, 15) is 4.79 Å². The van der Waals surface area contributed by atoms with E-state index in [0.717, 1.165) is 0 Å². The van der Waals surface area contributed by atoms with Gasteiger partial charge in [-0.1, -0.05) is 18.2 Å². The van der Waals surface area contributed by atoms with Crippen molar-refractivity contribution in [3.8, 4) is 0 Å². The fourth-order valence-corrected chi connectivity index (χ4v) is 0.581. The van der Waals surface area contributed by atoms with Gasteiger partial charge >= 0.3 is 5.97 Å². The van der Waals surface area contributed by atoms with Crippen LogP contribution in [0.25, 0.3) is 0 Å². The van der Waals surface area contributed by atoms with Crippen molar-refractivity contribution in [2.24, 2.45) is 0 Å². The van der Waals surface area contributed by atoms with Crippen molar-refractivity contribution >= 4 is 5.97 Å². The third-order valence-electron chi connectivity index (χ3n) is 1.02. The van der Waals surface area contributed by atoms with Crippen molar-refractivity contribution < 1.29 is 9.90 Å². The second kappa shape index (κ2) is 5.23. The molecule has 0 radical (unpaired) electrons. The first-order chi connectivity index (χ1) is 5.30. The number of carbonyl (C=O) groups is 1. The molecule has 0 atom stereocenters. The van der Waals surface area contributed by atoms with Crippen LogP contribution in [-0.2, 0) is 0 Å². The highest BCUT2D eigenvalue weighted by Crippen LogP contribution is 1.96. The van der Waals surface area contributed by atoms with E-state index >= 15 is 0 Å². The van der Waals surface area contributed by atoms with Gasteiger partial charge in [-0.2, -0.15) is 0 Å². The number of carboxylic acids is 1. The van der Waals surface area contributed by atoms with Gasteiger partial charge in [-0.05, 0) is 12.1 Å². The standard InChI is InChI=1S/C7H6O2.C2H4/c8-7(9)6-4-2-1-3-5-6;1-2/h1-5H,(H,8,9);1-2H2. The van der Waals surface area contributed by atoms with Crippen LogP contribution in [0.15, 0.2) is 43.5 Å². The Morgan fingerprint density at radius 1 is 1.18 bits per heavy atom. The summed E-state index contributed by atoms with van der Waals surface area (Å²) in [6.07, 6.45) is 0. The minimum Gasteiger partial charge on any atom is -0.478 e. The van der Waals surface area contributed by atoms with Crippen molar-refractivity contribution in [1.29, 1.82) is 0 Å². The number of hydrogen-bond donors (Lipinski definition) is 1. The summed E-state index contributed by atoms with van der Waals surface area (Å²) in [6, 6.07) is 8.30. The SMILES string of the molecule is C=C.O=C(O)c1ccccc1. The van der Waals surface area contributed by atoms with Crippen LogP contribution in [0.2, 0.25) is 0 Å². The van der Waals surface area contributed by atoms with Gasteiger partial charge in [0.15, 0.2) is 0 Å². The summed E-state index contributed by atoms with van der Waals surface area (Å²) in [7, 11) is 0. The van der Waals surface area contributed by atoms with E-state index in [-0.39, 0.29) is 0 Å². The van der Waals surface area contributed by atoms with Gasteiger partial charge in [-0.15, -0.1) is 13.2 Å². The van der Waals surface area contributed by atoms with Crippen LogP contribution in [0.5, 0.6) is 0 Å². The largest absolute Gasteiger partial charge is 0.478 e. The zero-order chi connectivity index (χ0) is 8.69. The van der Waals surface area contributed by atoms with E-state index in [1.54, 1.807) is 30.3 Å². The van der Waals surface area contributed by atoms with Crippen molar-refractivity contribution in [3.05, 3.63) is 49.1 Å². The molecule has 0 aromatic heterocycles. The molecule has 0 amide bonds. The highest BCUT2D eigenvalue weighted by Gasteiger charge is 1.96. The van der Waals surface area contributed by atoms with Crippen LogP contribution in [0.3, 0.4) is 0 Å². The molecule has 2 heteroatoms. The van der Waals surface area contributed by atoms with Gasteiger partial charge in [0.1, 0.15) is 0 Å². The molecule has 0 aliphatic carbocycles. The molecule has 0 saturated carbocycles. The predicted molar refractivity (Wildman–Crippen MR) is 44.7 cm³/mol. The number of carboxylic acid groups (broad SMARTS) is 1. The van der Waals surface area contributed by atoms with Crippen molar-refractivity contribution in [1.82, 2.24) is 0 Å². The fourth-order valence-electron chi connectivity index (χ4n) is 0.581. The van der Waals surface area contributed by atoms with Crippen LogP contribution in [0, 0.1) is 0 Å². The van der Waals surface area contributed by atoms with E-state index in [0.29, 0.717) is 5.56 Å². The molecule has 1 N–H and O–H groups in total. The topological polar surface area (TPSA) is 37.3 Å². The summed E-state index contributed by atoms with van der Waals surface area (Å²) in [4.78, 5) is 10.2. The summed E-state index contributed by atoms with van der Waals surface area (Å²) >= 11 is 0. The second-order valence-electron chi connectivity index (χ2n) is 1.67. The number of aromatic carboxylic acids is 1. The smallest absolute Gasteiger partial charge is 0.335 e. The lowest BCUT2D eigenvalue weighted by molar-refractivity contribution is 0.0697. The van der Waals surface area contributed by atoms with Crippen molar-refractivity contribution in [2.75, 3.05) is 0 Å². The van der Waals surface area contributed by atoms with E-state index in [1.807, 2.05) is 0 Å². The fraction of sp³-hybridized carbons (Fsp3) is 0. The monoisotopic (exact) mass is 150 g/mol. The van der Waals surface area contributed by atoms with Crippen molar-refractivity contribution in [3.63, 3.8) is 0 Å². The summed E-state index contributed by atoms with van der Waals surface area (Å²) < 4.78 is 0. The lowest BCUT2D eigenvalue weighted by Gasteiger charge is -1.88. The number of rotatable bonds is 1. The van der Waals surface area contributed by atoms with Gasteiger partial charge < -0.3 is 5.11 Å². The predicted octanol–water partition coefficient (Wildman–Crippen LogP) is 2.19. The lowest BCUT2D eigenvalue weighted by atomic mass is 10.2. The normalized spacial score (nSPS) is 7.64. The lowest BCUT2D eigenvalue weighted by Crippen LogP contribution is -1.93. The summed E-state index contributed by atoms with van der Waals surface area (Å²) in [5.41, 5.74) is 0.331. The molecule has 1 aromatic carbocycles. The molecule has 0 saturated heterocycles. The molecule has 0 aliphatic rings. The average Bonchev–Trinajstić information content (AvgIpc) is 2.10. The first-order valence-corrected chi connectivity index (χ1v) is 3.09. The Bertz CT molecular complexity index is 216. The Morgan fingerprint density at radius 2 is 1.64 bits per heavy atom. The van der Waals surface area contributed by atoms with Crippen LogP contribution >= 0.6 is 0 Å². The molecule has 1 rings (SSSR count). The van der Waals surface area contributed by atoms with Gasteiger partial charge in [-0.25, -0.2) is 4.79 Å². The minimum atomic E-state index is -0.879. The number of benzene rings is 1. The zero-order valence-electron chi connectivity index (χ0n) is 6.16. The Hall–Kier alpha value is -1.57. The third-order valence-corrected chi connectivity index (χ3v) is 1.02. The summed E-state index contributed by atoms with van der Waals surface area (Å²) in [5, 5.41) is 8.38. The van der Waals surface area contributed by atoms with Crippen molar-refractivity contribution in [2.45, 2.75) is 0 Å². The maximum atomic E-state index is 10.2. The van der Waals surface area contributed by atoms with Crippen LogP contribution in [-0.4, -0.2) is 11.1 Å². The molecule has 0 fully saturated rings. The maximum absolute atomic E-state index is 10.2. The third kappa shape index (κ3) is 3.20. The summed E-state index contributed by atoms with van der Waals surface area (Å²) in [6.45, 7) is 6.00. The van der Waals surface area contributed by atoms with E-state index in [4.69, 9.17) is 5.11 Å². The van der Waals surface area contributed by atoms with Gasteiger partial charge in [0.25, 0.3) is 0 Å². The molecule has 0 spiro atoms. The van der Waals surface area contributed by atoms with Gasteiger partial charge in [0, 0.05) is 0 Å². The first kappa shape index (κ1) is 9.43. The molecule has 1 aromatic rings. The Balaban J connectivity index is 0.000000461. The Labute approximate surface area is 65.8 Å². The highest BCUT2D eigenvalue weighted by atomic mass is 16.4. The van der Waals surface area contributed by atoms with Crippen LogP contribution in [0.1, 0.15) is 10.4 Å². The van der Waals surface area contributed by atoms with Crippen LogP contribution < -0.4 is 0 Å². The highest BCUT2D eigenvalue weighted by molar-refractivity contribution is 5.87. The Kier molecular flexibility index (Phi) is 4.49. The molecule has 0 unspecified atom stereocenters. The molecule has 0 aliphatic heterocycles. The molecule has 0 heterocycles. The maximum Gasteiger partial charge on any atom is 0.335 e. The molecular formula is C9H10O2. The quantitative estimate of drug-likeness (QED) is 0.623. The minimum absolute atomic E-state index is 0.331. The van der Waals surface area contributed by atoms with Crippen LogP contribution in [0.4, 0.5) is 0 Å². The summed E-state index contributed by atoms with van der Waals surface area (Å²) in [5.74, 6) is -0.879. The van der Waals surface area contributed by atoms with Gasteiger partial charge in [-0.3, -0.25) is 0 Å². The molecule has 58 valence electrons. The molecule has 11 heavy (non-hydrogen) atoms. The van der Waals surface area contributed by atoms with E-state index in [1.165, 1.54) is 0 Å². The van der Waals surface area contributed by atoms with Gasteiger partial charge in [0.05, 0.1) is 5.56 Å². The zero-order valence-corrected chi connectivity index (χ0v) is 6.16. The average molecular weight is 150 g/mol. The second-order valence-corrected chi connectivity index (χ2v) is 1.67.